The Morgan fingerprint density at radius 2 is 1.95 bits per heavy atom. The Kier molecular flexibility index (Phi) is 5.31. The van der Waals surface area contributed by atoms with Crippen LogP contribution >= 0.6 is 0 Å². The standard InChI is InChI=1S/C17H30N4/c1-18-13-17-9-5-6-11-20(17)14-15-10-12-21(19-15)16-7-3-2-4-8-16/h10,12,16-18H,2-9,11,13-14H2,1H3. The second-order valence-corrected chi connectivity index (χ2v) is 6.76. The monoisotopic (exact) mass is 290 g/mol. The molecule has 0 radical (unpaired) electrons. The Hall–Kier alpha value is -0.870. The largest absolute Gasteiger partial charge is 0.318 e. The van der Waals surface area contributed by atoms with Gasteiger partial charge in [-0.15, -0.1) is 0 Å². The van der Waals surface area contributed by atoms with Crippen LogP contribution in [0.3, 0.4) is 0 Å². The quantitative estimate of drug-likeness (QED) is 0.905. The lowest BCUT2D eigenvalue weighted by Gasteiger charge is -2.35. The van der Waals surface area contributed by atoms with Crippen molar-refractivity contribution in [1.29, 1.82) is 0 Å². The van der Waals surface area contributed by atoms with Gasteiger partial charge in [-0.2, -0.15) is 5.10 Å². The van der Waals surface area contributed by atoms with Crippen molar-refractivity contribution in [3.8, 4) is 0 Å². The molecule has 0 bridgehead atoms. The molecule has 4 heteroatoms. The number of rotatable bonds is 5. The first-order valence-corrected chi connectivity index (χ1v) is 8.79. The van der Waals surface area contributed by atoms with E-state index in [1.54, 1.807) is 0 Å². The molecule has 1 aliphatic carbocycles. The van der Waals surface area contributed by atoms with Crippen molar-refractivity contribution in [2.75, 3.05) is 20.1 Å². The van der Waals surface area contributed by atoms with Gasteiger partial charge in [-0.1, -0.05) is 25.7 Å². The van der Waals surface area contributed by atoms with Crippen molar-refractivity contribution in [3.05, 3.63) is 18.0 Å². The summed E-state index contributed by atoms with van der Waals surface area (Å²) in [4.78, 5) is 2.62. The maximum atomic E-state index is 4.88. The molecule has 1 saturated heterocycles. The van der Waals surface area contributed by atoms with Gasteiger partial charge in [0.15, 0.2) is 0 Å². The lowest BCUT2D eigenvalue weighted by molar-refractivity contribution is 0.137. The summed E-state index contributed by atoms with van der Waals surface area (Å²) in [6, 6.07) is 3.57. The molecule has 118 valence electrons. The molecule has 0 aromatic carbocycles. The van der Waals surface area contributed by atoms with Gasteiger partial charge in [-0.3, -0.25) is 9.58 Å². The van der Waals surface area contributed by atoms with Crippen LogP contribution in [0.25, 0.3) is 0 Å². The Bertz CT molecular complexity index is 420. The van der Waals surface area contributed by atoms with E-state index in [-0.39, 0.29) is 0 Å². The van der Waals surface area contributed by atoms with Crippen molar-refractivity contribution >= 4 is 0 Å². The van der Waals surface area contributed by atoms with Gasteiger partial charge in [0, 0.05) is 25.3 Å². The average Bonchev–Trinajstić information content (AvgIpc) is 2.99. The van der Waals surface area contributed by atoms with Crippen LogP contribution in [0.1, 0.15) is 63.1 Å². The Labute approximate surface area is 128 Å². The normalized spacial score (nSPS) is 25.3. The highest BCUT2D eigenvalue weighted by Crippen LogP contribution is 2.27. The molecule has 2 aliphatic rings. The van der Waals surface area contributed by atoms with Gasteiger partial charge in [-0.25, -0.2) is 0 Å². The Balaban J connectivity index is 1.60. The zero-order valence-corrected chi connectivity index (χ0v) is 13.4. The van der Waals surface area contributed by atoms with Crippen molar-refractivity contribution in [2.24, 2.45) is 0 Å². The predicted octanol–water partition coefficient (Wildman–Crippen LogP) is 2.96. The van der Waals surface area contributed by atoms with Crippen LogP contribution in [0.4, 0.5) is 0 Å². The minimum Gasteiger partial charge on any atom is -0.318 e. The number of hydrogen-bond donors (Lipinski definition) is 1. The molecule has 1 saturated carbocycles. The van der Waals surface area contributed by atoms with Gasteiger partial charge in [0.25, 0.3) is 0 Å². The van der Waals surface area contributed by atoms with Gasteiger partial charge in [0.1, 0.15) is 0 Å². The molecule has 1 aromatic heterocycles. The van der Waals surface area contributed by atoms with Crippen LogP contribution < -0.4 is 5.32 Å². The van der Waals surface area contributed by atoms with Crippen LogP contribution in [0.2, 0.25) is 0 Å². The molecule has 3 rings (SSSR count). The van der Waals surface area contributed by atoms with Gasteiger partial charge in [0.05, 0.1) is 11.7 Å². The highest BCUT2D eigenvalue weighted by molar-refractivity contribution is 5.01. The van der Waals surface area contributed by atoms with Crippen LogP contribution in [0.5, 0.6) is 0 Å². The maximum absolute atomic E-state index is 4.88. The van der Waals surface area contributed by atoms with E-state index in [1.807, 2.05) is 0 Å². The zero-order valence-electron chi connectivity index (χ0n) is 13.4. The van der Waals surface area contributed by atoms with E-state index in [4.69, 9.17) is 5.10 Å². The molecule has 1 aliphatic heterocycles. The minimum absolute atomic E-state index is 0.655. The number of nitrogens with one attached hydrogen (secondary N) is 1. The van der Waals surface area contributed by atoms with E-state index in [9.17, 15) is 0 Å². The van der Waals surface area contributed by atoms with E-state index in [0.717, 1.165) is 13.1 Å². The summed E-state index contributed by atoms with van der Waals surface area (Å²) in [6.45, 7) is 3.35. The van der Waals surface area contributed by atoms with Crippen LogP contribution in [0, 0.1) is 0 Å². The highest BCUT2D eigenvalue weighted by atomic mass is 15.3. The summed E-state index contributed by atoms with van der Waals surface area (Å²) in [5.74, 6) is 0. The molecule has 21 heavy (non-hydrogen) atoms. The smallest absolute Gasteiger partial charge is 0.0765 e. The van der Waals surface area contributed by atoms with Crippen LogP contribution in [-0.4, -0.2) is 40.9 Å². The maximum Gasteiger partial charge on any atom is 0.0765 e. The lowest BCUT2D eigenvalue weighted by atomic mass is 9.96. The third-order valence-electron chi connectivity index (χ3n) is 5.17. The number of likely N-dealkylation sites (tertiary alicyclic amines) is 1. The fraction of sp³-hybridized carbons (Fsp3) is 0.824. The van der Waals surface area contributed by atoms with Crippen molar-refractivity contribution < 1.29 is 0 Å². The average molecular weight is 290 g/mol. The van der Waals surface area contributed by atoms with Crippen molar-refractivity contribution in [1.82, 2.24) is 20.0 Å². The molecule has 1 aromatic rings. The van der Waals surface area contributed by atoms with E-state index >= 15 is 0 Å². The molecule has 1 atom stereocenters. The summed E-state index contributed by atoms with van der Waals surface area (Å²) in [5, 5.41) is 8.22. The number of piperidine rings is 1. The SMILES string of the molecule is CNCC1CCCCN1Cc1ccn(C2CCCCC2)n1. The van der Waals surface area contributed by atoms with Gasteiger partial charge in [0.2, 0.25) is 0 Å². The summed E-state index contributed by atoms with van der Waals surface area (Å²) in [7, 11) is 2.06. The van der Waals surface area contributed by atoms with E-state index in [2.05, 4.69) is 34.2 Å². The van der Waals surface area contributed by atoms with E-state index < -0.39 is 0 Å². The first-order valence-electron chi connectivity index (χ1n) is 8.79. The lowest BCUT2D eigenvalue weighted by Crippen LogP contribution is -2.44. The summed E-state index contributed by atoms with van der Waals surface area (Å²) in [5.41, 5.74) is 1.25. The number of aromatic nitrogens is 2. The predicted molar refractivity (Wildman–Crippen MR) is 86.3 cm³/mol. The molecular formula is C17H30N4. The second kappa shape index (κ2) is 7.41. The Morgan fingerprint density at radius 3 is 2.76 bits per heavy atom. The van der Waals surface area contributed by atoms with Crippen LogP contribution in [0.15, 0.2) is 12.3 Å². The first kappa shape index (κ1) is 15.0. The van der Waals surface area contributed by atoms with Crippen molar-refractivity contribution in [3.63, 3.8) is 0 Å². The summed E-state index contributed by atoms with van der Waals surface area (Å²) < 4.78 is 2.24. The fourth-order valence-corrected chi connectivity index (χ4v) is 3.95. The minimum atomic E-state index is 0.655. The number of hydrogen-bond acceptors (Lipinski definition) is 3. The molecule has 1 N–H and O–H groups in total. The topological polar surface area (TPSA) is 33.1 Å². The number of nitrogens with zero attached hydrogens (tertiary/aromatic N) is 3. The number of likely N-dealkylation sites (N-methyl/N-ethyl adjacent to an activating group) is 1. The van der Waals surface area contributed by atoms with E-state index in [0.29, 0.717) is 12.1 Å². The van der Waals surface area contributed by atoms with Gasteiger partial charge < -0.3 is 5.32 Å². The molecule has 2 heterocycles. The zero-order chi connectivity index (χ0) is 14.5. The van der Waals surface area contributed by atoms with Gasteiger partial charge >= 0.3 is 0 Å². The molecule has 0 amide bonds. The fourth-order valence-electron chi connectivity index (χ4n) is 3.95. The molecule has 2 fully saturated rings. The summed E-state index contributed by atoms with van der Waals surface area (Å²) >= 11 is 0. The Morgan fingerprint density at radius 1 is 1.14 bits per heavy atom. The second-order valence-electron chi connectivity index (χ2n) is 6.76. The molecular weight excluding hydrogens is 260 g/mol. The molecule has 1 unspecified atom stereocenters. The highest BCUT2D eigenvalue weighted by Gasteiger charge is 2.23. The summed E-state index contributed by atoms with van der Waals surface area (Å²) in [6.07, 6.45) is 13.0. The molecule has 4 nitrogen and oxygen atoms in total. The van der Waals surface area contributed by atoms with Crippen LogP contribution in [-0.2, 0) is 6.54 Å². The first-order chi connectivity index (χ1) is 10.4. The van der Waals surface area contributed by atoms with E-state index in [1.165, 1.54) is 63.6 Å². The third-order valence-corrected chi connectivity index (χ3v) is 5.17. The van der Waals surface area contributed by atoms with Gasteiger partial charge in [-0.05, 0) is 45.3 Å². The molecule has 0 spiro atoms. The van der Waals surface area contributed by atoms with Crippen molar-refractivity contribution in [2.45, 2.75) is 70.0 Å². The third kappa shape index (κ3) is 3.86.